The van der Waals surface area contributed by atoms with Crippen molar-refractivity contribution in [1.82, 2.24) is 0 Å². The summed E-state index contributed by atoms with van der Waals surface area (Å²) in [5.74, 6) is 0.684. The van der Waals surface area contributed by atoms with E-state index in [-0.39, 0.29) is 17.6 Å². The first-order valence-corrected chi connectivity index (χ1v) is 6.07. The summed E-state index contributed by atoms with van der Waals surface area (Å²) in [4.78, 5) is 0. The second-order valence-electron chi connectivity index (χ2n) is 5.79. The van der Waals surface area contributed by atoms with Crippen molar-refractivity contribution < 1.29 is 9.84 Å². The van der Waals surface area contributed by atoms with E-state index >= 15 is 0 Å². The van der Waals surface area contributed by atoms with Crippen LogP contribution in [0.2, 0.25) is 0 Å². The van der Waals surface area contributed by atoms with Gasteiger partial charge in [-0.2, -0.15) is 0 Å². The minimum absolute atomic E-state index is 0.151. The summed E-state index contributed by atoms with van der Waals surface area (Å²) < 4.78 is 5.79. The third kappa shape index (κ3) is 6.91. The van der Waals surface area contributed by atoms with Crippen LogP contribution in [0.25, 0.3) is 0 Å². The average molecular weight is 216 g/mol. The van der Waals surface area contributed by atoms with Gasteiger partial charge in [-0.3, -0.25) is 0 Å². The number of hydrogen-bond donors (Lipinski definition) is 1. The summed E-state index contributed by atoms with van der Waals surface area (Å²) >= 11 is 0. The highest BCUT2D eigenvalue weighted by Crippen LogP contribution is 2.28. The fourth-order valence-electron chi connectivity index (χ4n) is 1.46. The highest BCUT2D eigenvalue weighted by molar-refractivity contribution is 4.76. The van der Waals surface area contributed by atoms with Crippen molar-refractivity contribution in [3.8, 4) is 0 Å². The van der Waals surface area contributed by atoms with E-state index in [9.17, 15) is 5.11 Å². The molecule has 0 aromatic carbocycles. The topological polar surface area (TPSA) is 29.5 Å². The van der Waals surface area contributed by atoms with E-state index in [2.05, 4.69) is 34.6 Å². The van der Waals surface area contributed by atoms with Crippen molar-refractivity contribution in [2.45, 2.75) is 66.6 Å². The highest BCUT2D eigenvalue weighted by atomic mass is 16.5. The second kappa shape index (κ2) is 6.49. The van der Waals surface area contributed by atoms with E-state index in [1.165, 1.54) is 6.42 Å². The Kier molecular flexibility index (Phi) is 6.46. The molecule has 15 heavy (non-hydrogen) atoms. The standard InChI is InChI=1S/C13H28O2/c1-7-10(2)8-12(13(4,5)6)15-9-11(3)14/h10-12,14H,7-9H2,1-6H3. The molecule has 3 unspecified atom stereocenters. The molecule has 0 saturated heterocycles. The average Bonchev–Trinajstić information content (AvgIpc) is 2.09. The molecular formula is C13H28O2. The molecule has 92 valence electrons. The monoisotopic (exact) mass is 216 g/mol. The van der Waals surface area contributed by atoms with Gasteiger partial charge in [-0.1, -0.05) is 41.0 Å². The lowest BCUT2D eigenvalue weighted by Gasteiger charge is -2.33. The molecule has 0 radical (unpaired) electrons. The molecule has 0 fully saturated rings. The number of rotatable bonds is 6. The molecule has 1 N–H and O–H groups in total. The van der Waals surface area contributed by atoms with Gasteiger partial charge in [0, 0.05) is 0 Å². The Morgan fingerprint density at radius 2 is 1.73 bits per heavy atom. The maximum atomic E-state index is 9.23. The van der Waals surface area contributed by atoms with Gasteiger partial charge in [0.15, 0.2) is 0 Å². The summed E-state index contributed by atoms with van der Waals surface area (Å²) in [6.07, 6.45) is 2.13. The smallest absolute Gasteiger partial charge is 0.0745 e. The molecule has 0 aromatic heterocycles. The summed E-state index contributed by atoms with van der Waals surface area (Å²) in [6, 6.07) is 0. The lowest BCUT2D eigenvalue weighted by Crippen LogP contribution is -2.33. The summed E-state index contributed by atoms with van der Waals surface area (Å²) in [7, 11) is 0. The second-order valence-corrected chi connectivity index (χ2v) is 5.79. The fourth-order valence-corrected chi connectivity index (χ4v) is 1.46. The molecular weight excluding hydrogens is 188 g/mol. The van der Waals surface area contributed by atoms with Gasteiger partial charge in [-0.15, -0.1) is 0 Å². The first-order chi connectivity index (χ1) is 6.77. The molecule has 2 nitrogen and oxygen atoms in total. The minimum atomic E-state index is -0.369. The molecule has 0 rings (SSSR count). The Hall–Kier alpha value is -0.0800. The van der Waals surface area contributed by atoms with Crippen molar-refractivity contribution in [1.29, 1.82) is 0 Å². The summed E-state index contributed by atoms with van der Waals surface area (Å²) in [5, 5.41) is 9.23. The molecule has 0 heterocycles. The van der Waals surface area contributed by atoms with Gasteiger partial charge < -0.3 is 9.84 Å². The van der Waals surface area contributed by atoms with Crippen molar-refractivity contribution >= 4 is 0 Å². The number of ether oxygens (including phenoxy) is 1. The molecule has 0 aliphatic heterocycles. The Labute approximate surface area is 95.0 Å². The predicted molar refractivity (Wildman–Crippen MR) is 64.9 cm³/mol. The third-order valence-corrected chi connectivity index (χ3v) is 2.82. The van der Waals surface area contributed by atoms with Crippen LogP contribution in [-0.4, -0.2) is 23.9 Å². The van der Waals surface area contributed by atoms with Gasteiger partial charge in [0.1, 0.15) is 0 Å². The largest absolute Gasteiger partial charge is 0.391 e. The van der Waals surface area contributed by atoms with Crippen LogP contribution < -0.4 is 0 Å². The van der Waals surface area contributed by atoms with Gasteiger partial charge in [0.05, 0.1) is 18.8 Å². The molecule has 0 spiro atoms. The van der Waals surface area contributed by atoms with E-state index < -0.39 is 0 Å². The van der Waals surface area contributed by atoms with Crippen molar-refractivity contribution in [2.24, 2.45) is 11.3 Å². The molecule has 0 amide bonds. The molecule has 0 aliphatic rings. The minimum Gasteiger partial charge on any atom is -0.391 e. The van der Waals surface area contributed by atoms with Crippen LogP contribution in [0, 0.1) is 11.3 Å². The van der Waals surface area contributed by atoms with Crippen LogP contribution in [0.1, 0.15) is 54.4 Å². The zero-order valence-electron chi connectivity index (χ0n) is 11.2. The van der Waals surface area contributed by atoms with Gasteiger partial charge in [0.2, 0.25) is 0 Å². The van der Waals surface area contributed by atoms with Crippen LogP contribution in [0.5, 0.6) is 0 Å². The maximum absolute atomic E-state index is 9.23. The normalized spacial score (nSPS) is 18.6. The number of hydrogen-bond acceptors (Lipinski definition) is 2. The number of aliphatic hydroxyl groups excluding tert-OH is 1. The van der Waals surface area contributed by atoms with E-state index in [1.54, 1.807) is 6.92 Å². The molecule has 0 saturated carbocycles. The first kappa shape index (κ1) is 14.9. The quantitative estimate of drug-likeness (QED) is 0.738. The Balaban J connectivity index is 4.20. The zero-order chi connectivity index (χ0) is 12.1. The van der Waals surface area contributed by atoms with Crippen LogP contribution in [0.4, 0.5) is 0 Å². The maximum Gasteiger partial charge on any atom is 0.0745 e. The van der Waals surface area contributed by atoms with Gasteiger partial charge in [0.25, 0.3) is 0 Å². The van der Waals surface area contributed by atoms with Crippen molar-refractivity contribution in [3.05, 3.63) is 0 Å². The van der Waals surface area contributed by atoms with E-state index in [4.69, 9.17) is 4.74 Å². The van der Waals surface area contributed by atoms with Crippen LogP contribution in [0.3, 0.4) is 0 Å². The Bertz CT molecular complexity index is 158. The first-order valence-electron chi connectivity index (χ1n) is 6.07. The van der Waals surface area contributed by atoms with Gasteiger partial charge >= 0.3 is 0 Å². The summed E-state index contributed by atoms with van der Waals surface area (Å²) in [6.45, 7) is 13.3. The lowest BCUT2D eigenvalue weighted by atomic mass is 9.83. The Morgan fingerprint density at radius 3 is 2.07 bits per heavy atom. The SMILES string of the molecule is CCC(C)CC(OCC(C)O)C(C)(C)C. The van der Waals surface area contributed by atoms with Crippen LogP contribution in [-0.2, 0) is 4.74 Å². The van der Waals surface area contributed by atoms with Crippen molar-refractivity contribution in [2.75, 3.05) is 6.61 Å². The van der Waals surface area contributed by atoms with Crippen LogP contribution in [0.15, 0.2) is 0 Å². The highest BCUT2D eigenvalue weighted by Gasteiger charge is 2.26. The van der Waals surface area contributed by atoms with Crippen LogP contribution >= 0.6 is 0 Å². The molecule has 3 atom stereocenters. The van der Waals surface area contributed by atoms with E-state index in [1.807, 2.05) is 0 Å². The molecule has 2 heteroatoms. The van der Waals surface area contributed by atoms with Gasteiger partial charge in [-0.25, -0.2) is 0 Å². The lowest BCUT2D eigenvalue weighted by molar-refractivity contribution is -0.0611. The van der Waals surface area contributed by atoms with E-state index in [0.717, 1.165) is 6.42 Å². The molecule has 0 aromatic rings. The van der Waals surface area contributed by atoms with E-state index in [0.29, 0.717) is 12.5 Å². The van der Waals surface area contributed by atoms with Gasteiger partial charge in [-0.05, 0) is 24.7 Å². The third-order valence-electron chi connectivity index (χ3n) is 2.82. The zero-order valence-corrected chi connectivity index (χ0v) is 11.2. The Morgan fingerprint density at radius 1 is 1.20 bits per heavy atom. The molecule has 0 aliphatic carbocycles. The fraction of sp³-hybridized carbons (Fsp3) is 1.00. The summed E-state index contributed by atoms with van der Waals surface area (Å²) in [5.41, 5.74) is 0.151. The van der Waals surface area contributed by atoms with Crippen molar-refractivity contribution in [3.63, 3.8) is 0 Å². The number of aliphatic hydroxyl groups is 1. The molecule has 0 bridgehead atoms. The predicted octanol–water partition coefficient (Wildman–Crippen LogP) is 3.23.